The van der Waals surface area contributed by atoms with Crippen LogP contribution in [0.15, 0.2) is 17.5 Å². The molecule has 2 amide bonds. The Hall–Kier alpha value is -1.26. The van der Waals surface area contributed by atoms with Crippen molar-refractivity contribution in [2.24, 2.45) is 0 Å². The number of ether oxygens (including phenoxy) is 3. The number of carbonyl (C=O) groups excluding carboxylic acids is 2. The fourth-order valence-electron chi connectivity index (χ4n) is 3.64. The molecule has 1 aliphatic rings. The summed E-state index contributed by atoms with van der Waals surface area (Å²) in [6.45, 7) is 11.5. The highest BCUT2D eigenvalue weighted by Crippen LogP contribution is 2.42. The maximum absolute atomic E-state index is 13.0. The minimum atomic E-state index is -2.01. The minimum Gasteiger partial charge on any atom is -0.419 e. The van der Waals surface area contributed by atoms with E-state index in [-0.39, 0.29) is 5.91 Å². The highest BCUT2D eigenvalue weighted by molar-refractivity contribution is 7.10. The number of imide groups is 1. The molecule has 7 nitrogen and oxygen atoms in total. The van der Waals surface area contributed by atoms with Gasteiger partial charge in [0.15, 0.2) is 14.4 Å². The lowest BCUT2D eigenvalue weighted by Gasteiger charge is -2.47. The van der Waals surface area contributed by atoms with Gasteiger partial charge in [0.2, 0.25) is 6.29 Å². The lowest BCUT2D eigenvalue weighted by molar-refractivity contribution is -0.168. The normalized spacial score (nSPS) is 20.2. The molecule has 1 aliphatic heterocycles. The second-order valence-electron chi connectivity index (χ2n) is 7.20. The van der Waals surface area contributed by atoms with Crippen molar-refractivity contribution in [2.75, 3.05) is 19.8 Å². The van der Waals surface area contributed by atoms with Crippen molar-refractivity contribution in [2.45, 2.75) is 77.6 Å². The van der Waals surface area contributed by atoms with Gasteiger partial charge in [0, 0.05) is 24.5 Å². The third-order valence-electron chi connectivity index (χ3n) is 5.67. The highest BCUT2D eigenvalue weighted by Gasteiger charge is 2.56. The lowest BCUT2D eigenvalue weighted by Crippen LogP contribution is -2.64. The van der Waals surface area contributed by atoms with Crippen LogP contribution in [0.4, 0.5) is 4.79 Å². The summed E-state index contributed by atoms with van der Waals surface area (Å²) in [7, 11) is -2.01. The van der Waals surface area contributed by atoms with Crippen LogP contribution >= 0.6 is 11.3 Å². The highest BCUT2D eigenvalue weighted by atomic mass is 32.1. The van der Waals surface area contributed by atoms with E-state index in [1.54, 1.807) is 0 Å². The largest absolute Gasteiger partial charge is 0.419 e. The number of likely N-dealkylation sites (tertiary alicyclic amines) is 1. The molecule has 2 rings (SSSR count). The van der Waals surface area contributed by atoms with E-state index in [0.29, 0.717) is 26.2 Å². The molecule has 0 saturated carbocycles. The molecule has 0 aromatic carbocycles. The Morgan fingerprint density at radius 1 is 1.17 bits per heavy atom. The molecule has 0 spiro atoms. The molecule has 1 saturated heterocycles. The zero-order chi connectivity index (χ0) is 22.1. The molecule has 170 valence electrons. The van der Waals surface area contributed by atoms with Crippen molar-refractivity contribution in [1.82, 2.24) is 4.90 Å². The summed E-state index contributed by atoms with van der Waals surface area (Å²) in [6, 6.07) is 6.22. The Kier molecular flexibility index (Phi) is 9.96. The molecule has 1 aromatic heterocycles. The summed E-state index contributed by atoms with van der Waals surface area (Å²) >= 11 is 1.51. The van der Waals surface area contributed by atoms with Crippen LogP contribution in [0.2, 0.25) is 18.1 Å². The molecule has 30 heavy (non-hydrogen) atoms. The van der Waals surface area contributed by atoms with Crippen LogP contribution in [0.1, 0.15) is 52.0 Å². The Bertz CT molecular complexity index is 658. The van der Waals surface area contributed by atoms with E-state index in [9.17, 15) is 9.59 Å². The number of nitrogens with zero attached hydrogens (tertiary/aromatic N) is 1. The number of carbonyl (C=O) groups is 2. The first-order chi connectivity index (χ1) is 14.5. The molecule has 1 aromatic rings. The van der Waals surface area contributed by atoms with E-state index in [4.69, 9.17) is 18.6 Å². The van der Waals surface area contributed by atoms with E-state index < -0.39 is 32.8 Å². The maximum Gasteiger partial charge on any atom is 0.419 e. The third-order valence-corrected chi connectivity index (χ3v) is 11.2. The number of thiophene rings is 1. The topological polar surface area (TPSA) is 74.3 Å². The molecule has 0 radical (unpaired) electrons. The fourth-order valence-corrected chi connectivity index (χ4v) is 7.25. The number of hydrogen-bond donors (Lipinski definition) is 0. The smallest absolute Gasteiger partial charge is 0.419 e. The lowest BCUT2D eigenvalue weighted by atomic mass is 9.97. The molecular formula is C21H35NO6SSi. The van der Waals surface area contributed by atoms with Gasteiger partial charge in [0.1, 0.15) is 6.04 Å². The van der Waals surface area contributed by atoms with Gasteiger partial charge in [0.25, 0.3) is 5.91 Å². The average molecular weight is 458 g/mol. The van der Waals surface area contributed by atoms with Gasteiger partial charge in [-0.2, -0.15) is 0 Å². The fraction of sp³-hybridized carbons (Fsp3) is 0.714. The van der Waals surface area contributed by atoms with Gasteiger partial charge in [-0.15, -0.1) is 11.3 Å². The van der Waals surface area contributed by atoms with Gasteiger partial charge in [0.05, 0.1) is 6.61 Å². The second kappa shape index (κ2) is 11.9. The van der Waals surface area contributed by atoms with Crippen LogP contribution in [0, 0.1) is 0 Å². The van der Waals surface area contributed by atoms with E-state index >= 15 is 0 Å². The van der Waals surface area contributed by atoms with Crippen molar-refractivity contribution in [3.05, 3.63) is 22.4 Å². The van der Waals surface area contributed by atoms with E-state index in [0.717, 1.165) is 23.0 Å². The quantitative estimate of drug-likeness (QED) is 0.181. The van der Waals surface area contributed by atoms with E-state index in [1.807, 2.05) is 31.4 Å². The van der Waals surface area contributed by atoms with Gasteiger partial charge < -0.3 is 18.6 Å². The monoisotopic (exact) mass is 457 g/mol. The van der Waals surface area contributed by atoms with Gasteiger partial charge in [-0.3, -0.25) is 4.79 Å². The van der Waals surface area contributed by atoms with Crippen molar-refractivity contribution in [3.8, 4) is 0 Å². The summed E-state index contributed by atoms with van der Waals surface area (Å²) in [5.41, 5.74) is 0. The first-order valence-electron chi connectivity index (χ1n) is 10.9. The zero-order valence-corrected chi connectivity index (χ0v) is 20.5. The van der Waals surface area contributed by atoms with Crippen LogP contribution in [0.5, 0.6) is 0 Å². The van der Waals surface area contributed by atoms with Crippen LogP contribution in [0.25, 0.3) is 0 Å². The second-order valence-corrected chi connectivity index (χ2v) is 12.9. The molecule has 0 bridgehead atoms. The summed E-state index contributed by atoms with van der Waals surface area (Å²) in [4.78, 5) is 28.0. The van der Waals surface area contributed by atoms with Crippen molar-refractivity contribution in [3.63, 3.8) is 0 Å². The molecule has 3 atom stereocenters. The summed E-state index contributed by atoms with van der Waals surface area (Å²) in [6.07, 6.45) is -1.65. The van der Waals surface area contributed by atoms with E-state index in [1.165, 1.54) is 16.2 Å². The number of hydrogen-bond acceptors (Lipinski definition) is 7. The first kappa shape index (κ1) is 25.0. The van der Waals surface area contributed by atoms with Crippen molar-refractivity contribution >= 4 is 31.7 Å². The molecule has 1 fully saturated rings. The number of β-lactam (4-membered cyclic amide) rings is 1. The van der Waals surface area contributed by atoms with Crippen LogP contribution < -0.4 is 0 Å². The van der Waals surface area contributed by atoms with E-state index in [2.05, 4.69) is 20.8 Å². The van der Waals surface area contributed by atoms with Gasteiger partial charge in [-0.25, -0.2) is 9.69 Å². The molecular weight excluding hydrogens is 422 g/mol. The predicted octanol–water partition coefficient (Wildman–Crippen LogP) is 4.95. The molecule has 9 heteroatoms. The van der Waals surface area contributed by atoms with Gasteiger partial charge >= 0.3 is 6.09 Å². The summed E-state index contributed by atoms with van der Waals surface area (Å²) < 4.78 is 22.9. The molecule has 0 N–H and O–H groups in total. The van der Waals surface area contributed by atoms with Crippen LogP contribution in [0.3, 0.4) is 0 Å². The minimum absolute atomic E-state index is 0.328. The first-order valence-corrected chi connectivity index (χ1v) is 14.3. The SMILES string of the molecule is CCOCCC(OCC)OC(=O)N1C(=O)C(O[Si](CC)(CC)CC)C1c1cccs1. The number of rotatable bonds is 13. The summed E-state index contributed by atoms with van der Waals surface area (Å²) in [5.74, 6) is -0.328. The average Bonchev–Trinajstić information content (AvgIpc) is 3.27. The predicted molar refractivity (Wildman–Crippen MR) is 119 cm³/mol. The molecule has 0 aliphatic carbocycles. The van der Waals surface area contributed by atoms with Gasteiger partial charge in [-0.05, 0) is 43.4 Å². The summed E-state index contributed by atoms with van der Waals surface area (Å²) in [5, 5.41) is 1.94. The Morgan fingerprint density at radius 2 is 1.87 bits per heavy atom. The molecule has 2 heterocycles. The van der Waals surface area contributed by atoms with Crippen molar-refractivity contribution < 1.29 is 28.2 Å². The Labute approximate surface area is 184 Å². The standard InChI is InChI=1S/C21H35NO6SSi/c1-6-25-14-13-17(26-7-2)27-21(24)22-18(16-12-11-15-29-16)19(20(22)23)28-30(8-3,9-4)10-5/h11-12,15,17-19H,6-10,13-14H2,1-5H3. The zero-order valence-electron chi connectivity index (χ0n) is 18.7. The number of amides is 2. The van der Waals surface area contributed by atoms with Crippen molar-refractivity contribution in [1.29, 1.82) is 0 Å². The Balaban J connectivity index is 2.16. The van der Waals surface area contributed by atoms with Crippen LogP contribution in [-0.4, -0.2) is 57.4 Å². The van der Waals surface area contributed by atoms with Gasteiger partial charge in [-0.1, -0.05) is 26.8 Å². The van der Waals surface area contributed by atoms with Crippen LogP contribution in [-0.2, 0) is 23.4 Å². The maximum atomic E-state index is 13.0. The Morgan fingerprint density at radius 3 is 2.40 bits per heavy atom. The molecule has 3 unspecified atom stereocenters. The third kappa shape index (κ3) is 5.70.